The summed E-state index contributed by atoms with van der Waals surface area (Å²) in [6.45, 7) is 4.25. The minimum absolute atomic E-state index is 0.175. The van der Waals surface area contributed by atoms with Crippen LogP contribution in [0.3, 0.4) is 0 Å². The van der Waals surface area contributed by atoms with E-state index in [1.807, 2.05) is 19.9 Å². The van der Waals surface area contributed by atoms with Crippen molar-refractivity contribution in [3.05, 3.63) is 58.1 Å². The standard InChI is InChI=1S/C19H19ClN2O2S/c1-3-16(24-19-15(20)8-12(2)10-22-19)18(23)21-11-13-4-5-17-14(9-13)6-7-25-17/h4-10,16H,3,11H2,1-2H3,(H,21,23)/t16-/m1/s1. The van der Waals surface area contributed by atoms with Crippen molar-refractivity contribution in [2.24, 2.45) is 0 Å². The van der Waals surface area contributed by atoms with Gasteiger partial charge in [-0.25, -0.2) is 4.98 Å². The van der Waals surface area contributed by atoms with Crippen LogP contribution in [0.1, 0.15) is 24.5 Å². The van der Waals surface area contributed by atoms with Gasteiger partial charge in [0.1, 0.15) is 5.02 Å². The minimum Gasteiger partial charge on any atom is -0.463 e. The van der Waals surface area contributed by atoms with E-state index in [-0.39, 0.29) is 11.8 Å². The molecule has 0 aliphatic carbocycles. The first-order chi connectivity index (χ1) is 12.1. The van der Waals surface area contributed by atoms with Gasteiger partial charge in [0.15, 0.2) is 6.10 Å². The quantitative estimate of drug-likeness (QED) is 0.678. The Labute approximate surface area is 155 Å². The lowest BCUT2D eigenvalue weighted by Crippen LogP contribution is -2.37. The van der Waals surface area contributed by atoms with Crippen LogP contribution in [0.15, 0.2) is 41.9 Å². The Morgan fingerprint density at radius 3 is 2.96 bits per heavy atom. The number of carbonyl (C=O) groups excluding carboxylic acids is 1. The molecule has 0 unspecified atom stereocenters. The fraction of sp³-hybridized carbons (Fsp3) is 0.263. The summed E-state index contributed by atoms with van der Waals surface area (Å²) in [7, 11) is 0. The van der Waals surface area contributed by atoms with Crippen LogP contribution in [0.2, 0.25) is 5.02 Å². The highest BCUT2D eigenvalue weighted by molar-refractivity contribution is 7.17. The summed E-state index contributed by atoms with van der Waals surface area (Å²) >= 11 is 7.84. The second-order valence-corrected chi connectivity index (χ2v) is 7.18. The molecule has 1 aromatic carbocycles. The van der Waals surface area contributed by atoms with E-state index in [9.17, 15) is 4.79 Å². The summed E-state index contributed by atoms with van der Waals surface area (Å²) < 4.78 is 6.94. The number of hydrogen-bond acceptors (Lipinski definition) is 4. The summed E-state index contributed by atoms with van der Waals surface area (Å²) in [4.78, 5) is 16.6. The van der Waals surface area contributed by atoms with E-state index in [1.165, 1.54) is 10.1 Å². The summed E-state index contributed by atoms with van der Waals surface area (Å²) in [5, 5.41) is 6.59. The minimum atomic E-state index is -0.627. The highest BCUT2D eigenvalue weighted by Gasteiger charge is 2.20. The largest absolute Gasteiger partial charge is 0.463 e. The van der Waals surface area contributed by atoms with Crippen molar-refractivity contribution in [2.75, 3.05) is 0 Å². The molecule has 6 heteroatoms. The Bertz CT molecular complexity index is 894. The fourth-order valence-electron chi connectivity index (χ4n) is 2.49. The molecule has 0 spiro atoms. The summed E-state index contributed by atoms with van der Waals surface area (Å²) in [6, 6.07) is 10.0. The van der Waals surface area contributed by atoms with Gasteiger partial charge in [-0.1, -0.05) is 24.6 Å². The van der Waals surface area contributed by atoms with Gasteiger partial charge in [0.2, 0.25) is 5.88 Å². The zero-order valence-electron chi connectivity index (χ0n) is 14.1. The third kappa shape index (κ3) is 4.30. The maximum Gasteiger partial charge on any atom is 0.261 e. The number of fused-ring (bicyclic) bond motifs is 1. The number of thiophene rings is 1. The highest BCUT2D eigenvalue weighted by atomic mass is 35.5. The Kier molecular flexibility index (Phi) is 5.56. The van der Waals surface area contributed by atoms with Gasteiger partial charge in [-0.3, -0.25) is 4.79 Å². The number of halogens is 1. The van der Waals surface area contributed by atoms with E-state index in [2.05, 4.69) is 33.9 Å². The third-order valence-corrected chi connectivity index (χ3v) is 5.01. The van der Waals surface area contributed by atoms with Crippen LogP contribution in [-0.2, 0) is 11.3 Å². The normalized spacial score (nSPS) is 12.1. The van der Waals surface area contributed by atoms with E-state index >= 15 is 0 Å². The molecule has 3 rings (SSSR count). The van der Waals surface area contributed by atoms with Crippen molar-refractivity contribution in [3.8, 4) is 5.88 Å². The molecule has 0 fully saturated rings. The van der Waals surface area contributed by atoms with Crippen LogP contribution in [0.5, 0.6) is 5.88 Å². The average Bonchev–Trinajstić information content (AvgIpc) is 3.07. The number of hydrogen-bond donors (Lipinski definition) is 1. The summed E-state index contributed by atoms with van der Waals surface area (Å²) in [5.74, 6) is 0.111. The number of aromatic nitrogens is 1. The number of nitrogens with zero attached hydrogens (tertiary/aromatic N) is 1. The molecular weight excluding hydrogens is 356 g/mol. The molecule has 25 heavy (non-hydrogen) atoms. The van der Waals surface area contributed by atoms with Crippen molar-refractivity contribution < 1.29 is 9.53 Å². The monoisotopic (exact) mass is 374 g/mol. The number of ether oxygens (including phenoxy) is 1. The van der Waals surface area contributed by atoms with Crippen molar-refractivity contribution in [2.45, 2.75) is 32.9 Å². The molecule has 1 atom stereocenters. The molecule has 4 nitrogen and oxygen atoms in total. The summed E-state index contributed by atoms with van der Waals surface area (Å²) in [5.41, 5.74) is 2.00. The van der Waals surface area contributed by atoms with Gasteiger partial charge in [-0.05, 0) is 59.5 Å². The molecule has 0 saturated carbocycles. The highest BCUT2D eigenvalue weighted by Crippen LogP contribution is 2.24. The second kappa shape index (κ2) is 7.85. The molecule has 1 N–H and O–H groups in total. The number of nitrogens with one attached hydrogen (secondary N) is 1. The molecule has 2 heterocycles. The van der Waals surface area contributed by atoms with Gasteiger partial charge in [0.25, 0.3) is 5.91 Å². The maximum atomic E-state index is 12.4. The zero-order valence-corrected chi connectivity index (χ0v) is 15.7. The van der Waals surface area contributed by atoms with E-state index in [4.69, 9.17) is 16.3 Å². The molecule has 0 radical (unpaired) electrons. The number of carbonyl (C=O) groups is 1. The van der Waals surface area contributed by atoms with E-state index in [1.54, 1.807) is 23.6 Å². The smallest absolute Gasteiger partial charge is 0.261 e. The number of amides is 1. The lowest BCUT2D eigenvalue weighted by atomic mass is 10.1. The lowest BCUT2D eigenvalue weighted by Gasteiger charge is -2.17. The van der Waals surface area contributed by atoms with E-state index in [0.717, 1.165) is 11.1 Å². The van der Waals surface area contributed by atoms with Crippen molar-refractivity contribution in [3.63, 3.8) is 0 Å². The molecule has 1 amide bonds. The number of rotatable bonds is 6. The SMILES string of the molecule is CC[C@@H](Oc1ncc(C)cc1Cl)C(=O)NCc1ccc2sccc2c1. The van der Waals surface area contributed by atoms with Crippen LogP contribution in [0.25, 0.3) is 10.1 Å². The Hall–Kier alpha value is -2.11. The zero-order chi connectivity index (χ0) is 17.8. The first kappa shape index (κ1) is 17.7. The van der Waals surface area contributed by atoms with Gasteiger partial charge in [-0.2, -0.15) is 0 Å². The Morgan fingerprint density at radius 2 is 2.20 bits per heavy atom. The molecule has 0 aliphatic rings. The Balaban J connectivity index is 1.63. The van der Waals surface area contributed by atoms with Crippen LogP contribution < -0.4 is 10.1 Å². The van der Waals surface area contributed by atoms with Crippen molar-refractivity contribution in [1.29, 1.82) is 0 Å². The average molecular weight is 375 g/mol. The van der Waals surface area contributed by atoms with Gasteiger partial charge >= 0.3 is 0 Å². The first-order valence-electron chi connectivity index (χ1n) is 8.09. The second-order valence-electron chi connectivity index (χ2n) is 5.82. The molecule has 130 valence electrons. The molecule has 0 aliphatic heterocycles. The predicted molar refractivity (Wildman–Crippen MR) is 102 cm³/mol. The summed E-state index contributed by atoms with van der Waals surface area (Å²) in [6.07, 6.45) is 1.57. The topological polar surface area (TPSA) is 51.2 Å². The molecule has 0 saturated heterocycles. The van der Waals surface area contributed by atoms with Crippen LogP contribution >= 0.6 is 22.9 Å². The van der Waals surface area contributed by atoms with Gasteiger partial charge in [0, 0.05) is 17.4 Å². The molecule has 0 bridgehead atoms. The molecular formula is C19H19ClN2O2S. The van der Waals surface area contributed by atoms with Crippen molar-refractivity contribution in [1.82, 2.24) is 10.3 Å². The number of benzene rings is 1. The van der Waals surface area contributed by atoms with Crippen molar-refractivity contribution >= 4 is 38.9 Å². The number of aryl methyl sites for hydroxylation is 1. The maximum absolute atomic E-state index is 12.4. The van der Waals surface area contributed by atoms with Gasteiger partial charge in [0.05, 0.1) is 0 Å². The lowest BCUT2D eigenvalue weighted by molar-refractivity contribution is -0.128. The van der Waals surface area contributed by atoms with Gasteiger partial charge in [-0.15, -0.1) is 11.3 Å². The molecule has 2 aromatic heterocycles. The van der Waals surface area contributed by atoms with Crippen LogP contribution in [0, 0.1) is 6.92 Å². The van der Waals surface area contributed by atoms with E-state index < -0.39 is 6.10 Å². The van der Waals surface area contributed by atoms with Crippen LogP contribution in [-0.4, -0.2) is 17.0 Å². The van der Waals surface area contributed by atoms with E-state index in [0.29, 0.717) is 18.0 Å². The Morgan fingerprint density at radius 1 is 1.36 bits per heavy atom. The van der Waals surface area contributed by atoms with Gasteiger partial charge < -0.3 is 10.1 Å². The fourth-order valence-corrected chi connectivity index (χ4v) is 3.53. The molecule has 3 aromatic rings. The van der Waals surface area contributed by atoms with Crippen LogP contribution in [0.4, 0.5) is 0 Å². The third-order valence-electron chi connectivity index (χ3n) is 3.84. The first-order valence-corrected chi connectivity index (χ1v) is 9.35. The number of pyridine rings is 1. The predicted octanol–water partition coefficient (Wildman–Crippen LogP) is 4.73.